The van der Waals surface area contributed by atoms with E-state index in [2.05, 4.69) is 19.7 Å². The highest BCUT2D eigenvalue weighted by molar-refractivity contribution is 4.90. The van der Waals surface area contributed by atoms with Gasteiger partial charge in [0.25, 0.3) is 0 Å². The third kappa shape index (κ3) is 2.78. The molecule has 1 atom stereocenters. The van der Waals surface area contributed by atoms with Gasteiger partial charge in [0.15, 0.2) is 0 Å². The fourth-order valence-corrected chi connectivity index (χ4v) is 1.96. The van der Waals surface area contributed by atoms with Crippen molar-refractivity contribution >= 4 is 0 Å². The lowest BCUT2D eigenvalue weighted by molar-refractivity contribution is 0.163. The van der Waals surface area contributed by atoms with Crippen LogP contribution in [0.5, 0.6) is 0 Å². The molecule has 1 unspecified atom stereocenters. The molecule has 2 heterocycles. The van der Waals surface area contributed by atoms with Crippen LogP contribution in [0.15, 0.2) is 6.33 Å². The molecule has 1 aromatic rings. The Balaban J connectivity index is 1.80. The van der Waals surface area contributed by atoms with Crippen LogP contribution in [0.3, 0.4) is 0 Å². The van der Waals surface area contributed by atoms with E-state index in [4.69, 9.17) is 10.5 Å². The summed E-state index contributed by atoms with van der Waals surface area (Å²) in [6.07, 6.45) is 2.69. The Bertz CT molecular complexity index is 327. The molecule has 0 bridgehead atoms. The van der Waals surface area contributed by atoms with E-state index in [1.165, 1.54) is 0 Å². The van der Waals surface area contributed by atoms with Gasteiger partial charge in [-0.05, 0) is 6.42 Å². The van der Waals surface area contributed by atoms with E-state index in [9.17, 15) is 0 Å². The van der Waals surface area contributed by atoms with Crippen LogP contribution in [0.1, 0.15) is 12.2 Å². The van der Waals surface area contributed by atoms with Gasteiger partial charge in [0, 0.05) is 39.4 Å². The number of aromatic nitrogens is 3. The minimum Gasteiger partial charge on any atom is -0.385 e. The fourth-order valence-electron chi connectivity index (χ4n) is 1.96. The van der Waals surface area contributed by atoms with Gasteiger partial charge in [-0.1, -0.05) is 0 Å². The standard InChI is InChI=1S/C10H19N5O/c1-16-5-2-9(11)6-14-3-4-15-8-12-13-10(15)7-14/h8-9H,2-7,11H2,1H3. The van der Waals surface area contributed by atoms with E-state index in [0.29, 0.717) is 0 Å². The highest BCUT2D eigenvalue weighted by atomic mass is 16.5. The summed E-state index contributed by atoms with van der Waals surface area (Å²) in [6.45, 7) is 4.45. The first-order valence-electron chi connectivity index (χ1n) is 5.63. The molecule has 6 nitrogen and oxygen atoms in total. The van der Waals surface area contributed by atoms with Crippen LogP contribution >= 0.6 is 0 Å². The molecular weight excluding hydrogens is 206 g/mol. The van der Waals surface area contributed by atoms with Gasteiger partial charge in [-0.25, -0.2) is 0 Å². The van der Waals surface area contributed by atoms with Crippen molar-refractivity contribution in [1.29, 1.82) is 0 Å². The number of nitrogens with zero attached hydrogens (tertiary/aromatic N) is 4. The lowest BCUT2D eigenvalue weighted by atomic mass is 10.2. The second kappa shape index (κ2) is 5.38. The molecule has 1 aliphatic heterocycles. The topological polar surface area (TPSA) is 69.2 Å². The van der Waals surface area contributed by atoms with Gasteiger partial charge in [-0.2, -0.15) is 0 Å². The van der Waals surface area contributed by atoms with Crippen molar-refractivity contribution in [1.82, 2.24) is 19.7 Å². The number of methoxy groups -OCH3 is 1. The molecule has 16 heavy (non-hydrogen) atoms. The Hall–Kier alpha value is -0.980. The molecule has 0 aromatic carbocycles. The summed E-state index contributed by atoms with van der Waals surface area (Å²) in [7, 11) is 1.70. The van der Waals surface area contributed by atoms with Crippen molar-refractivity contribution < 1.29 is 4.74 Å². The van der Waals surface area contributed by atoms with Crippen LogP contribution in [-0.2, 0) is 17.8 Å². The molecule has 1 aliphatic rings. The van der Waals surface area contributed by atoms with Gasteiger partial charge < -0.3 is 15.0 Å². The predicted octanol–water partition coefficient (Wildman–Crippen LogP) is -0.542. The summed E-state index contributed by atoms with van der Waals surface area (Å²) in [5.41, 5.74) is 6.02. The van der Waals surface area contributed by atoms with Crippen molar-refractivity contribution in [3.05, 3.63) is 12.2 Å². The maximum atomic E-state index is 6.02. The van der Waals surface area contributed by atoms with E-state index in [0.717, 1.165) is 45.0 Å². The minimum absolute atomic E-state index is 0.175. The molecule has 90 valence electrons. The van der Waals surface area contributed by atoms with E-state index in [1.54, 1.807) is 13.4 Å². The molecular formula is C10H19N5O. The highest BCUT2D eigenvalue weighted by Crippen LogP contribution is 2.09. The zero-order valence-corrected chi connectivity index (χ0v) is 9.67. The van der Waals surface area contributed by atoms with Gasteiger partial charge in [-0.3, -0.25) is 4.90 Å². The van der Waals surface area contributed by atoms with Crippen molar-refractivity contribution in [2.75, 3.05) is 26.8 Å². The first-order chi connectivity index (χ1) is 7.79. The lowest BCUT2D eigenvalue weighted by Crippen LogP contribution is -2.42. The molecule has 1 aromatic heterocycles. The third-order valence-electron chi connectivity index (χ3n) is 2.90. The van der Waals surface area contributed by atoms with E-state index < -0.39 is 0 Å². The molecule has 0 fully saturated rings. The molecule has 0 saturated carbocycles. The number of fused-ring (bicyclic) bond motifs is 1. The summed E-state index contributed by atoms with van der Waals surface area (Å²) in [4.78, 5) is 2.32. The number of hydrogen-bond acceptors (Lipinski definition) is 5. The number of nitrogens with two attached hydrogens (primary N) is 1. The molecule has 0 saturated heterocycles. The quantitative estimate of drug-likeness (QED) is 0.728. The molecule has 6 heteroatoms. The SMILES string of the molecule is COCCC(N)CN1CCn2cnnc2C1. The Kier molecular flexibility index (Phi) is 3.87. The van der Waals surface area contributed by atoms with Crippen LogP contribution in [0.2, 0.25) is 0 Å². The van der Waals surface area contributed by atoms with Gasteiger partial charge in [0.1, 0.15) is 12.2 Å². The normalized spacial score (nSPS) is 18.4. The summed E-state index contributed by atoms with van der Waals surface area (Å²) in [5.74, 6) is 1.03. The third-order valence-corrected chi connectivity index (χ3v) is 2.90. The van der Waals surface area contributed by atoms with Crippen LogP contribution < -0.4 is 5.73 Å². The Morgan fingerprint density at radius 3 is 3.25 bits per heavy atom. The maximum Gasteiger partial charge on any atom is 0.147 e. The van der Waals surface area contributed by atoms with Crippen LogP contribution in [0, 0.1) is 0 Å². The number of hydrogen-bond donors (Lipinski definition) is 1. The van der Waals surface area contributed by atoms with E-state index >= 15 is 0 Å². The smallest absolute Gasteiger partial charge is 0.147 e. The fraction of sp³-hybridized carbons (Fsp3) is 0.800. The van der Waals surface area contributed by atoms with Crippen LogP contribution in [0.4, 0.5) is 0 Å². The van der Waals surface area contributed by atoms with Crippen molar-refractivity contribution in [2.24, 2.45) is 5.73 Å². The molecule has 0 aliphatic carbocycles. The minimum atomic E-state index is 0.175. The molecule has 2 N–H and O–H groups in total. The van der Waals surface area contributed by atoms with Crippen LogP contribution in [0.25, 0.3) is 0 Å². The van der Waals surface area contributed by atoms with Crippen molar-refractivity contribution in [3.63, 3.8) is 0 Å². The first kappa shape index (κ1) is 11.5. The average Bonchev–Trinajstić information content (AvgIpc) is 2.73. The van der Waals surface area contributed by atoms with E-state index in [1.807, 2.05) is 0 Å². The monoisotopic (exact) mass is 225 g/mol. The molecule has 0 amide bonds. The van der Waals surface area contributed by atoms with Gasteiger partial charge >= 0.3 is 0 Å². The first-order valence-corrected chi connectivity index (χ1v) is 5.63. The number of rotatable bonds is 5. The Morgan fingerprint density at radius 2 is 2.44 bits per heavy atom. The largest absolute Gasteiger partial charge is 0.385 e. The second-order valence-corrected chi connectivity index (χ2v) is 4.22. The van der Waals surface area contributed by atoms with Crippen LogP contribution in [-0.4, -0.2) is 52.5 Å². The Morgan fingerprint density at radius 1 is 1.56 bits per heavy atom. The van der Waals surface area contributed by atoms with Gasteiger partial charge in [-0.15, -0.1) is 10.2 Å². The highest BCUT2D eigenvalue weighted by Gasteiger charge is 2.18. The molecule has 2 rings (SSSR count). The second-order valence-electron chi connectivity index (χ2n) is 4.22. The summed E-state index contributed by atoms with van der Waals surface area (Å²) < 4.78 is 7.11. The summed E-state index contributed by atoms with van der Waals surface area (Å²) >= 11 is 0. The molecule has 0 radical (unpaired) electrons. The van der Waals surface area contributed by atoms with Crippen molar-refractivity contribution in [2.45, 2.75) is 25.6 Å². The summed E-state index contributed by atoms with van der Waals surface area (Å²) in [5, 5.41) is 7.98. The van der Waals surface area contributed by atoms with E-state index in [-0.39, 0.29) is 6.04 Å². The van der Waals surface area contributed by atoms with Crippen molar-refractivity contribution in [3.8, 4) is 0 Å². The predicted molar refractivity (Wildman–Crippen MR) is 59.8 cm³/mol. The Labute approximate surface area is 95.4 Å². The lowest BCUT2D eigenvalue weighted by Gasteiger charge is -2.29. The maximum absolute atomic E-state index is 6.02. The average molecular weight is 225 g/mol. The molecule has 0 spiro atoms. The summed E-state index contributed by atoms with van der Waals surface area (Å²) in [6, 6.07) is 0.175. The zero-order chi connectivity index (χ0) is 11.4. The zero-order valence-electron chi connectivity index (χ0n) is 9.67. The number of ether oxygens (including phenoxy) is 1. The van der Waals surface area contributed by atoms with Gasteiger partial charge in [0.05, 0.1) is 6.54 Å². The van der Waals surface area contributed by atoms with Gasteiger partial charge in [0.2, 0.25) is 0 Å².